The van der Waals surface area contributed by atoms with E-state index in [1.807, 2.05) is 31.0 Å². The maximum absolute atomic E-state index is 5.66. The van der Waals surface area contributed by atoms with Crippen LogP contribution in [0.15, 0.2) is 28.7 Å². The molecule has 0 radical (unpaired) electrons. The largest absolute Gasteiger partial charge is 0.475 e. The number of thiazole rings is 1. The molecule has 0 fully saturated rings. The van der Waals surface area contributed by atoms with Crippen LogP contribution in [0.4, 0.5) is 0 Å². The van der Waals surface area contributed by atoms with Crippen molar-refractivity contribution in [3.63, 3.8) is 0 Å². The number of nitrogens with zero attached hydrogens (tertiary/aromatic N) is 4. The van der Waals surface area contributed by atoms with E-state index in [0.29, 0.717) is 32.2 Å². The van der Waals surface area contributed by atoms with Gasteiger partial charge in [-0.05, 0) is 13.0 Å². The maximum atomic E-state index is 5.66. The van der Waals surface area contributed by atoms with Crippen molar-refractivity contribution in [1.29, 1.82) is 0 Å². The van der Waals surface area contributed by atoms with Crippen LogP contribution >= 0.6 is 11.3 Å². The van der Waals surface area contributed by atoms with Gasteiger partial charge in [0.05, 0.1) is 23.9 Å². The lowest BCUT2D eigenvalue weighted by Crippen LogP contribution is -2.38. The normalized spacial score (nSPS) is 11.4. The van der Waals surface area contributed by atoms with Gasteiger partial charge in [0.15, 0.2) is 5.96 Å². The molecule has 7 nitrogen and oxygen atoms in total. The highest BCUT2D eigenvalue weighted by Gasteiger charge is 2.10. The topological polar surface area (TPSA) is 71.9 Å². The molecule has 0 atom stereocenters. The van der Waals surface area contributed by atoms with Crippen molar-refractivity contribution in [2.24, 2.45) is 4.99 Å². The predicted molar refractivity (Wildman–Crippen MR) is 100 cm³/mol. The number of hydrogen-bond acceptors (Lipinski definition) is 6. The van der Waals surface area contributed by atoms with E-state index >= 15 is 0 Å². The first kappa shape index (κ1) is 19.1. The Hall–Kier alpha value is -2.19. The molecule has 0 spiro atoms. The molecule has 0 aliphatic heterocycles. The average Bonchev–Trinajstić information content (AvgIpc) is 3.01. The van der Waals surface area contributed by atoms with Crippen LogP contribution in [0.3, 0.4) is 0 Å². The Labute approximate surface area is 152 Å². The number of rotatable bonds is 8. The standard InChI is InChI=1S/C17H25N5O2S/c1-13-21-15(12-25-13)11-22(3)17(18-2)20-10-14-6-5-7-19-16(14)24-9-8-23-4/h5-7,12H,8-11H2,1-4H3,(H,18,20). The van der Waals surface area contributed by atoms with E-state index in [1.165, 1.54) is 0 Å². The molecule has 0 saturated heterocycles. The number of aromatic nitrogens is 2. The number of methoxy groups -OCH3 is 1. The molecule has 2 aromatic heterocycles. The zero-order chi connectivity index (χ0) is 18.1. The summed E-state index contributed by atoms with van der Waals surface area (Å²) in [5, 5.41) is 6.48. The molecule has 0 aromatic carbocycles. The van der Waals surface area contributed by atoms with E-state index in [-0.39, 0.29) is 0 Å². The first-order valence-electron chi connectivity index (χ1n) is 8.02. The summed E-state index contributed by atoms with van der Waals surface area (Å²) in [5.74, 6) is 1.40. The highest BCUT2D eigenvalue weighted by Crippen LogP contribution is 2.14. The maximum Gasteiger partial charge on any atom is 0.218 e. The minimum Gasteiger partial charge on any atom is -0.475 e. The third-order valence-corrected chi connectivity index (χ3v) is 4.27. The number of ether oxygens (including phenoxy) is 2. The van der Waals surface area contributed by atoms with E-state index in [4.69, 9.17) is 9.47 Å². The average molecular weight is 363 g/mol. The molecule has 1 N–H and O–H groups in total. The van der Waals surface area contributed by atoms with Gasteiger partial charge in [-0.15, -0.1) is 11.3 Å². The number of pyridine rings is 1. The molecule has 2 rings (SSSR count). The molecule has 0 unspecified atom stereocenters. The summed E-state index contributed by atoms with van der Waals surface area (Å²) in [4.78, 5) is 15.2. The highest BCUT2D eigenvalue weighted by molar-refractivity contribution is 7.09. The van der Waals surface area contributed by atoms with Gasteiger partial charge in [-0.3, -0.25) is 4.99 Å². The van der Waals surface area contributed by atoms with Crippen LogP contribution in [0.25, 0.3) is 0 Å². The third kappa shape index (κ3) is 5.99. The Morgan fingerprint density at radius 2 is 2.24 bits per heavy atom. The number of aliphatic imine (C=N–C) groups is 1. The Balaban J connectivity index is 1.94. The van der Waals surface area contributed by atoms with Crippen molar-refractivity contribution in [2.75, 3.05) is 34.4 Å². The van der Waals surface area contributed by atoms with Gasteiger partial charge in [0.2, 0.25) is 5.88 Å². The number of hydrogen-bond donors (Lipinski definition) is 1. The molecule has 25 heavy (non-hydrogen) atoms. The Bertz CT molecular complexity index is 689. The van der Waals surface area contributed by atoms with Crippen LogP contribution in [-0.2, 0) is 17.8 Å². The van der Waals surface area contributed by atoms with Crippen molar-refractivity contribution in [3.8, 4) is 5.88 Å². The molecule has 0 bridgehead atoms. The van der Waals surface area contributed by atoms with Crippen LogP contribution in [0.5, 0.6) is 5.88 Å². The summed E-state index contributed by atoms with van der Waals surface area (Å²) in [6.45, 7) is 4.28. The quantitative estimate of drug-likeness (QED) is 0.440. The van der Waals surface area contributed by atoms with E-state index in [0.717, 1.165) is 22.2 Å². The van der Waals surface area contributed by atoms with Gasteiger partial charge in [-0.1, -0.05) is 6.07 Å². The van der Waals surface area contributed by atoms with Gasteiger partial charge in [-0.25, -0.2) is 9.97 Å². The zero-order valence-electron chi connectivity index (χ0n) is 15.2. The van der Waals surface area contributed by atoms with E-state index in [2.05, 4.69) is 25.7 Å². The monoisotopic (exact) mass is 363 g/mol. The van der Waals surface area contributed by atoms with Crippen LogP contribution in [0.2, 0.25) is 0 Å². The minimum absolute atomic E-state index is 0.471. The summed E-state index contributed by atoms with van der Waals surface area (Å²) < 4.78 is 10.7. The van der Waals surface area contributed by atoms with E-state index in [1.54, 1.807) is 31.7 Å². The fourth-order valence-corrected chi connectivity index (χ4v) is 2.87. The first-order chi connectivity index (χ1) is 12.1. The van der Waals surface area contributed by atoms with Gasteiger partial charge >= 0.3 is 0 Å². The Kier molecular flexibility index (Phi) is 7.62. The second-order valence-corrected chi connectivity index (χ2v) is 6.49. The van der Waals surface area contributed by atoms with Gasteiger partial charge in [0.1, 0.15) is 6.61 Å². The molecule has 0 saturated carbocycles. The van der Waals surface area contributed by atoms with Crippen molar-refractivity contribution < 1.29 is 9.47 Å². The summed E-state index contributed by atoms with van der Waals surface area (Å²) in [5.41, 5.74) is 2.01. The van der Waals surface area contributed by atoms with Gasteiger partial charge in [0.25, 0.3) is 0 Å². The first-order valence-corrected chi connectivity index (χ1v) is 8.90. The van der Waals surface area contributed by atoms with Crippen LogP contribution in [0.1, 0.15) is 16.3 Å². The van der Waals surface area contributed by atoms with Crippen molar-refractivity contribution in [1.82, 2.24) is 20.2 Å². The summed E-state index contributed by atoms with van der Waals surface area (Å²) in [6, 6.07) is 3.88. The molecular weight excluding hydrogens is 338 g/mol. The highest BCUT2D eigenvalue weighted by atomic mass is 32.1. The summed E-state index contributed by atoms with van der Waals surface area (Å²) in [6.07, 6.45) is 1.72. The molecule has 0 amide bonds. The molecule has 0 aliphatic carbocycles. The Morgan fingerprint density at radius 3 is 2.92 bits per heavy atom. The molecule has 0 aliphatic rings. The van der Waals surface area contributed by atoms with Crippen LogP contribution < -0.4 is 10.1 Å². The smallest absolute Gasteiger partial charge is 0.218 e. The molecule has 136 valence electrons. The Morgan fingerprint density at radius 1 is 1.40 bits per heavy atom. The lowest BCUT2D eigenvalue weighted by molar-refractivity contribution is 0.143. The lowest BCUT2D eigenvalue weighted by Gasteiger charge is -2.21. The van der Waals surface area contributed by atoms with Gasteiger partial charge in [0, 0.05) is 44.9 Å². The van der Waals surface area contributed by atoms with E-state index < -0.39 is 0 Å². The fraction of sp³-hybridized carbons (Fsp3) is 0.471. The SMILES string of the molecule is CN=C(NCc1cccnc1OCCOC)N(C)Cc1csc(C)n1. The van der Waals surface area contributed by atoms with Gasteiger partial charge in [-0.2, -0.15) is 0 Å². The van der Waals surface area contributed by atoms with Crippen molar-refractivity contribution in [2.45, 2.75) is 20.0 Å². The third-order valence-electron chi connectivity index (χ3n) is 3.45. The van der Waals surface area contributed by atoms with E-state index in [9.17, 15) is 0 Å². The summed E-state index contributed by atoms with van der Waals surface area (Å²) >= 11 is 1.65. The van der Waals surface area contributed by atoms with Crippen molar-refractivity contribution >= 4 is 17.3 Å². The second-order valence-electron chi connectivity index (χ2n) is 5.42. The zero-order valence-corrected chi connectivity index (χ0v) is 16.0. The number of aryl methyl sites for hydroxylation is 1. The van der Waals surface area contributed by atoms with Crippen molar-refractivity contribution in [3.05, 3.63) is 40.0 Å². The minimum atomic E-state index is 0.471. The predicted octanol–water partition coefficient (Wildman–Crippen LogP) is 2.08. The molecular formula is C17H25N5O2S. The fourth-order valence-electron chi connectivity index (χ4n) is 2.27. The summed E-state index contributed by atoms with van der Waals surface area (Å²) in [7, 11) is 5.40. The van der Waals surface area contributed by atoms with Gasteiger partial charge < -0.3 is 19.7 Å². The number of guanidine groups is 1. The lowest BCUT2D eigenvalue weighted by atomic mass is 10.2. The molecule has 8 heteroatoms. The molecule has 2 heterocycles. The molecule has 2 aromatic rings. The second kappa shape index (κ2) is 9.95. The van der Waals surface area contributed by atoms with Crippen LogP contribution in [-0.4, -0.2) is 55.2 Å². The van der Waals surface area contributed by atoms with Crippen LogP contribution in [0, 0.1) is 6.92 Å². The number of nitrogens with one attached hydrogen (secondary N) is 1.